The van der Waals surface area contributed by atoms with Gasteiger partial charge in [-0.2, -0.15) is 5.10 Å². The molecule has 2 atom stereocenters. The van der Waals surface area contributed by atoms with E-state index in [1.807, 2.05) is 19.3 Å². The van der Waals surface area contributed by atoms with Crippen LogP contribution in [0.2, 0.25) is 0 Å². The first-order valence-corrected chi connectivity index (χ1v) is 4.65. The van der Waals surface area contributed by atoms with E-state index in [1.165, 1.54) is 0 Å². The lowest BCUT2D eigenvalue weighted by Gasteiger charge is -2.32. The van der Waals surface area contributed by atoms with Crippen LogP contribution in [0.5, 0.6) is 0 Å². The van der Waals surface area contributed by atoms with Gasteiger partial charge in [0.2, 0.25) is 0 Å². The Morgan fingerprint density at radius 3 is 3.00 bits per heavy atom. The van der Waals surface area contributed by atoms with Gasteiger partial charge in [-0.05, 0) is 18.9 Å². The van der Waals surface area contributed by atoms with E-state index < -0.39 is 0 Å². The molecule has 4 heteroatoms. The molecule has 1 saturated carbocycles. The number of hydrogen-bond donors (Lipinski definition) is 2. The highest BCUT2D eigenvalue weighted by atomic mass is 16.3. The van der Waals surface area contributed by atoms with Crippen molar-refractivity contribution in [1.29, 1.82) is 0 Å². The fraction of sp³-hybridized carbons (Fsp3) is 0.667. The molecule has 4 nitrogen and oxygen atoms in total. The summed E-state index contributed by atoms with van der Waals surface area (Å²) in [4.78, 5) is 0. The van der Waals surface area contributed by atoms with Crippen molar-refractivity contribution >= 4 is 0 Å². The van der Waals surface area contributed by atoms with Crippen LogP contribution in [0.4, 0.5) is 0 Å². The van der Waals surface area contributed by atoms with Gasteiger partial charge >= 0.3 is 0 Å². The van der Waals surface area contributed by atoms with Gasteiger partial charge in [0.25, 0.3) is 0 Å². The molecule has 72 valence electrons. The minimum Gasteiger partial charge on any atom is -0.392 e. The summed E-state index contributed by atoms with van der Waals surface area (Å²) in [7, 11) is 1.90. The van der Waals surface area contributed by atoms with Gasteiger partial charge < -0.3 is 10.4 Å². The molecule has 2 N–H and O–H groups in total. The van der Waals surface area contributed by atoms with Gasteiger partial charge in [0.05, 0.1) is 11.8 Å². The van der Waals surface area contributed by atoms with Gasteiger partial charge in [-0.15, -0.1) is 0 Å². The van der Waals surface area contributed by atoms with Gasteiger partial charge in [0, 0.05) is 25.8 Å². The number of aromatic nitrogens is 2. The first-order chi connectivity index (χ1) is 6.25. The maximum absolute atomic E-state index is 9.30. The fourth-order valence-electron chi connectivity index (χ4n) is 1.51. The first kappa shape index (κ1) is 8.72. The standard InChI is InChI=1S/C9H15N3O/c1-12-5-4-7(11-12)6-10-8-2-3-9(8)13/h4-5,8-10,13H,2-3,6H2,1H3. The second-order valence-corrected chi connectivity index (χ2v) is 3.61. The van der Waals surface area contributed by atoms with Crippen LogP contribution in [0.3, 0.4) is 0 Å². The van der Waals surface area contributed by atoms with E-state index >= 15 is 0 Å². The van der Waals surface area contributed by atoms with E-state index in [2.05, 4.69) is 10.4 Å². The maximum atomic E-state index is 9.30. The predicted molar refractivity (Wildman–Crippen MR) is 49.1 cm³/mol. The zero-order valence-corrected chi connectivity index (χ0v) is 7.77. The molecule has 2 rings (SSSR count). The molecule has 0 bridgehead atoms. The number of nitrogens with zero attached hydrogens (tertiary/aromatic N) is 2. The monoisotopic (exact) mass is 181 g/mol. The molecule has 0 aromatic carbocycles. The molecule has 0 radical (unpaired) electrons. The molecule has 0 saturated heterocycles. The molecule has 1 heterocycles. The number of hydrogen-bond acceptors (Lipinski definition) is 3. The predicted octanol–water partition coefficient (Wildman–Crippen LogP) is 0.0330. The summed E-state index contributed by atoms with van der Waals surface area (Å²) in [5, 5.41) is 16.8. The molecule has 0 aliphatic heterocycles. The third-order valence-electron chi connectivity index (χ3n) is 2.55. The van der Waals surface area contributed by atoms with Gasteiger partial charge in [0.15, 0.2) is 0 Å². The van der Waals surface area contributed by atoms with Crippen molar-refractivity contribution in [2.45, 2.75) is 31.5 Å². The fourth-order valence-corrected chi connectivity index (χ4v) is 1.51. The summed E-state index contributed by atoms with van der Waals surface area (Å²) in [6.45, 7) is 0.753. The second-order valence-electron chi connectivity index (χ2n) is 3.61. The van der Waals surface area contributed by atoms with Gasteiger partial charge in [-0.25, -0.2) is 0 Å². The average molecular weight is 181 g/mol. The van der Waals surface area contributed by atoms with Crippen LogP contribution >= 0.6 is 0 Å². The van der Waals surface area contributed by atoms with E-state index in [9.17, 15) is 5.11 Å². The molecular formula is C9H15N3O. The molecule has 1 aliphatic rings. The summed E-state index contributed by atoms with van der Waals surface area (Å²) < 4.78 is 1.79. The summed E-state index contributed by atoms with van der Waals surface area (Å²) in [6, 6.07) is 2.26. The largest absolute Gasteiger partial charge is 0.392 e. The van der Waals surface area contributed by atoms with Crippen LogP contribution in [-0.4, -0.2) is 27.0 Å². The lowest BCUT2D eigenvalue weighted by atomic mass is 9.89. The minimum atomic E-state index is -0.149. The molecule has 0 amide bonds. The van der Waals surface area contributed by atoms with Crippen LogP contribution in [0.1, 0.15) is 18.5 Å². The molecule has 1 aromatic heterocycles. The molecule has 2 unspecified atom stereocenters. The minimum absolute atomic E-state index is 0.149. The van der Waals surface area contributed by atoms with Crippen molar-refractivity contribution in [3.63, 3.8) is 0 Å². The van der Waals surface area contributed by atoms with Crippen LogP contribution < -0.4 is 5.32 Å². The Balaban J connectivity index is 1.79. The Kier molecular flexibility index (Phi) is 2.33. The summed E-state index contributed by atoms with van der Waals surface area (Å²) >= 11 is 0. The molecule has 1 aromatic rings. The Hall–Kier alpha value is -0.870. The smallest absolute Gasteiger partial charge is 0.0762 e. The maximum Gasteiger partial charge on any atom is 0.0762 e. The van der Waals surface area contributed by atoms with E-state index in [0.717, 1.165) is 25.1 Å². The lowest BCUT2D eigenvalue weighted by molar-refractivity contribution is 0.0491. The van der Waals surface area contributed by atoms with Gasteiger partial charge in [-0.3, -0.25) is 4.68 Å². The molecular weight excluding hydrogens is 166 g/mol. The highest BCUT2D eigenvalue weighted by Crippen LogP contribution is 2.19. The van der Waals surface area contributed by atoms with E-state index in [-0.39, 0.29) is 12.1 Å². The molecule has 0 spiro atoms. The SMILES string of the molecule is Cn1ccc(CNC2CCC2O)n1. The Morgan fingerprint density at radius 1 is 1.69 bits per heavy atom. The first-order valence-electron chi connectivity index (χ1n) is 4.65. The van der Waals surface area contributed by atoms with Gasteiger partial charge in [0.1, 0.15) is 0 Å². The van der Waals surface area contributed by atoms with E-state index in [1.54, 1.807) is 4.68 Å². The Morgan fingerprint density at radius 2 is 2.54 bits per heavy atom. The van der Waals surface area contributed by atoms with Crippen LogP contribution in [-0.2, 0) is 13.6 Å². The Bertz CT molecular complexity index is 284. The van der Waals surface area contributed by atoms with E-state index in [4.69, 9.17) is 0 Å². The zero-order chi connectivity index (χ0) is 9.26. The topological polar surface area (TPSA) is 50.1 Å². The highest BCUT2D eigenvalue weighted by molar-refractivity contribution is 4.99. The van der Waals surface area contributed by atoms with Crippen molar-refractivity contribution in [3.05, 3.63) is 18.0 Å². The van der Waals surface area contributed by atoms with E-state index in [0.29, 0.717) is 0 Å². The van der Waals surface area contributed by atoms with Crippen LogP contribution in [0, 0.1) is 0 Å². The zero-order valence-electron chi connectivity index (χ0n) is 7.77. The van der Waals surface area contributed by atoms with Crippen molar-refractivity contribution in [2.75, 3.05) is 0 Å². The number of aryl methyl sites for hydroxylation is 1. The number of nitrogens with one attached hydrogen (secondary N) is 1. The molecule has 1 aliphatic carbocycles. The molecule has 1 fully saturated rings. The van der Waals surface area contributed by atoms with Crippen molar-refractivity contribution in [2.24, 2.45) is 7.05 Å². The normalized spacial score (nSPS) is 27.2. The third-order valence-corrected chi connectivity index (χ3v) is 2.55. The Labute approximate surface area is 77.6 Å². The van der Waals surface area contributed by atoms with Crippen LogP contribution in [0.15, 0.2) is 12.3 Å². The van der Waals surface area contributed by atoms with Crippen molar-refractivity contribution in [1.82, 2.24) is 15.1 Å². The number of aliphatic hydroxyl groups excluding tert-OH is 1. The summed E-state index contributed by atoms with van der Waals surface area (Å²) in [5.74, 6) is 0. The van der Waals surface area contributed by atoms with Crippen LogP contribution in [0.25, 0.3) is 0 Å². The van der Waals surface area contributed by atoms with Gasteiger partial charge in [-0.1, -0.05) is 0 Å². The lowest BCUT2D eigenvalue weighted by Crippen LogP contribution is -2.47. The number of aliphatic hydroxyl groups is 1. The highest BCUT2D eigenvalue weighted by Gasteiger charge is 2.27. The summed E-state index contributed by atoms with van der Waals surface area (Å²) in [6.07, 6.45) is 3.78. The molecule has 13 heavy (non-hydrogen) atoms. The summed E-state index contributed by atoms with van der Waals surface area (Å²) in [5.41, 5.74) is 1.03. The third kappa shape index (κ3) is 1.89. The quantitative estimate of drug-likeness (QED) is 0.692. The van der Waals surface area contributed by atoms with Crippen molar-refractivity contribution < 1.29 is 5.11 Å². The average Bonchev–Trinajstić information content (AvgIpc) is 2.49. The second kappa shape index (κ2) is 3.47. The van der Waals surface area contributed by atoms with Crippen molar-refractivity contribution in [3.8, 4) is 0 Å². The number of rotatable bonds is 3.